The third kappa shape index (κ3) is 2.91. The minimum atomic E-state index is -0.295. The summed E-state index contributed by atoms with van der Waals surface area (Å²) in [6.07, 6.45) is 0. The second kappa shape index (κ2) is 6.37. The number of ether oxygens (including phenoxy) is 1. The number of carbonyl (C=O) groups is 1. The van der Waals surface area contributed by atoms with Crippen LogP contribution in [0.1, 0.15) is 5.56 Å². The molecule has 4 aromatic rings. The molecule has 0 saturated heterocycles. The Morgan fingerprint density at radius 2 is 1.85 bits per heavy atom. The maximum absolute atomic E-state index is 12.5. The Labute approximate surface area is 150 Å². The molecule has 0 spiro atoms. The fourth-order valence-corrected chi connectivity index (χ4v) is 2.86. The summed E-state index contributed by atoms with van der Waals surface area (Å²) in [6, 6.07) is 19.2. The smallest absolute Gasteiger partial charge is 0.257 e. The van der Waals surface area contributed by atoms with Crippen molar-refractivity contribution in [1.29, 1.82) is 0 Å². The van der Waals surface area contributed by atoms with Crippen LogP contribution in [0, 0.1) is 0 Å². The van der Waals surface area contributed by atoms with E-state index in [-0.39, 0.29) is 5.91 Å². The lowest BCUT2D eigenvalue weighted by Gasteiger charge is -2.08. The van der Waals surface area contributed by atoms with Crippen molar-refractivity contribution in [2.45, 2.75) is 0 Å². The zero-order chi connectivity index (χ0) is 18.1. The van der Waals surface area contributed by atoms with Gasteiger partial charge in [0, 0.05) is 5.57 Å². The third-order valence-corrected chi connectivity index (χ3v) is 4.29. The van der Waals surface area contributed by atoms with Gasteiger partial charge in [-0.25, -0.2) is 4.98 Å². The SMILES string of the molecule is C=C(C(=O)Nc1nc2ccccc2[nH]1)c1ccc2cc(OC)ccc2c1. The minimum absolute atomic E-state index is 0.295. The van der Waals surface area contributed by atoms with Crippen LogP contribution in [0.4, 0.5) is 5.95 Å². The van der Waals surface area contributed by atoms with Gasteiger partial charge in [-0.15, -0.1) is 0 Å². The van der Waals surface area contributed by atoms with Gasteiger partial charge in [-0.3, -0.25) is 10.1 Å². The fraction of sp³-hybridized carbons (Fsp3) is 0.0476. The molecular formula is C21H17N3O2. The number of aromatic nitrogens is 2. The summed E-state index contributed by atoms with van der Waals surface area (Å²) in [5.74, 6) is 0.909. The third-order valence-electron chi connectivity index (χ3n) is 4.29. The van der Waals surface area contributed by atoms with E-state index in [4.69, 9.17) is 4.74 Å². The van der Waals surface area contributed by atoms with Crippen molar-refractivity contribution in [3.05, 3.63) is 72.8 Å². The van der Waals surface area contributed by atoms with E-state index in [0.29, 0.717) is 11.5 Å². The highest BCUT2D eigenvalue weighted by Crippen LogP contribution is 2.25. The first-order valence-electron chi connectivity index (χ1n) is 8.17. The number of benzene rings is 3. The van der Waals surface area contributed by atoms with Gasteiger partial charge >= 0.3 is 0 Å². The summed E-state index contributed by atoms with van der Waals surface area (Å²) >= 11 is 0. The second-order valence-corrected chi connectivity index (χ2v) is 5.96. The van der Waals surface area contributed by atoms with E-state index >= 15 is 0 Å². The number of nitrogens with one attached hydrogen (secondary N) is 2. The Balaban J connectivity index is 1.57. The molecule has 4 rings (SSSR count). The van der Waals surface area contributed by atoms with Gasteiger partial charge in [0.25, 0.3) is 5.91 Å². The summed E-state index contributed by atoms with van der Waals surface area (Å²) in [4.78, 5) is 20.0. The monoisotopic (exact) mass is 343 g/mol. The van der Waals surface area contributed by atoms with Gasteiger partial charge in [0.2, 0.25) is 5.95 Å². The van der Waals surface area contributed by atoms with E-state index in [9.17, 15) is 4.79 Å². The average Bonchev–Trinajstić information content (AvgIpc) is 3.08. The molecule has 0 aliphatic heterocycles. The molecule has 2 N–H and O–H groups in total. The van der Waals surface area contributed by atoms with Crippen LogP contribution in [-0.4, -0.2) is 23.0 Å². The molecule has 128 valence electrons. The summed E-state index contributed by atoms with van der Waals surface area (Å²) in [5.41, 5.74) is 2.81. The Morgan fingerprint density at radius 1 is 1.08 bits per heavy atom. The van der Waals surface area contributed by atoms with Crippen LogP contribution in [0.3, 0.4) is 0 Å². The molecule has 0 atom stereocenters. The van der Waals surface area contributed by atoms with Crippen LogP contribution in [-0.2, 0) is 4.79 Å². The van der Waals surface area contributed by atoms with Crippen LogP contribution in [0.15, 0.2) is 67.2 Å². The standard InChI is InChI=1S/C21H17N3O2/c1-13(14-7-8-16-12-17(26-2)10-9-15(16)11-14)20(25)24-21-22-18-5-3-4-6-19(18)23-21/h3-12H,1H2,2H3,(H2,22,23,24,25). The maximum atomic E-state index is 12.5. The van der Waals surface area contributed by atoms with Crippen molar-refractivity contribution in [3.8, 4) is 5.75 Å². The van der Waals surface area contributed by atoms with Gasteiger partial charge < -0.3 is 9.72 Å². The Kier molecular flexibility index (Phi) is 3.89. The summed E-state index contributed by atoms with van der Waals surface area (Å²) in [6.45, 7) is 3.94. The van der Waals surface area contributed by atoms with Gasteiger partial charge in [-0.1, -0.05) is 36.9 Å². The first-order valence-corrected chi connectivity index (χ1v) is 8.17. The van der Waals surface area contributed by atoms with Crippen molar-refractivity contribution in [3.63, 3.8) is 0 Å². The van der Waals surface area contributed by atoms with E-state index in [1.54, 1.807) is 7.11 Å². The highest BCUT2D eigenvalue weighted by atomic mass is 16.5. The minimum Gasteiger partial charge on any atom is -0.497 e. The van der Waals surface area contributed by atoms with Crippen molar-refractivity contribution >= 4 is 39.2 Å². The van der Waals surface area contributed by atoms with E-state index in [2.05, 4.69) is 21.9 Å². The highest BCUT2D eigenvalue weighted by Gasteiger charge is 2.12. The molecule has 0 aliphatic rings. The Morgan fingerprint density at radius 3 is 2.65 bits per heavy atom. The van der Waals surface area contributed by atoms with Crippen LogP contribution in [0.5, 0.6) is 5.75 Å². The number of aromatic amines is 1. The molecule has 0 bridgehead atoms. The number of methoxy groups -OCH3 is 1. The lowest BCUT2D eigenvalue weighted by molar-refractivity contribution is -0.111. The molecule has 0 unspecified atom stereocenters. The molecule has 3 aromatic carbocycles. The predicted molar refractivity (Wildman–Crippen MR) is 104 cm³/mol. The molecule has 1 amide bonds. The molecule has 0 radical (unpaired) electrons. The van der Waals surface area contributed by atoms with Gasteiger partial charge in [0.15, 0.2) is 0 Å². The summed E-state index contributed by atoms with van der Waals surface area (Å²) < 4.78 is 5.24. The van der Waals surface area contributed by atoms with Crippen molar-refractivity contribution in [2.24, 2.45) is 0 Å². The van der Waals surface area contributed by atoms with Crippen LogP contribution in [0.2, 0.25) is 0 Å². The number of carbonyl (C=O) groups excluding carboxylic acids is 1. The number of hydrogen-bond acceptors (Lipinski definition) is 3. The van der Waals surface area contributed by atoms with Gasteiger partial charge in [0.05, 0.1) is 18.1 Å². The molecule has 1 heterocycles. The first kappa shape index (κ1) is 15.9. The van der Waals surface area contributed by atoms with Crippen LogP contribution in [0.25, 0.3) is 27.4 Å². The van der Waals surface area contributed by atoms with E-state index < -0.39 is 0 Å². The molecule has 26 heavy (non-hydrogen) atoms. The quantitative estimate of drug-likeness (QED) is 0.541. The van der Waals surface area contributed by atoms with Crippen LogP contribution >= 0.6 is 0 Å². The zero-order valence-corrected chi connectivity index (χ0v) is 14.2. The lowest BCUT2D eigenvalue weighted by atomic mass is 10.0. The maximum Gasteiger partial charge on any atom is 0.257 e. The Bertz CT molecular complexity index is 1110. The van der Waals surface area contributed by atoms with Crippen LogP contribution < -0.4 is 10.1 Å². The molecular weight excluding hydrogens is 326 g/mol. The largest absolute Gasteiger partial charge is 0.497 e. The topological polar surface area (TPSA) is 67.0 Å². The zero-order valence-electron chi connectivity index (χ0n) is 14.2. The number of amides is 1. The van der Waals surface area contributed by atoms with Crippen molar-refractivity contribution < 1.29 is 9.53 Å². The molecule has 5 heteroatoms. The number of para-hydroxylation sites is 2. The van der Waals surface area contributed by atoms with Gasteiger partial charge in [-0.2, -0.15) is 0 Å². The van der Waals surface area contributed by atoms with Gasteiger partial charge in [0.1, 0.15) is 5.75 Å². The van der Waals surface area contributed by atoms with Crippen molar-refractivity contribution in [2.75, 3.05) is 12.4 Å². The first-order chi connectivity index (χ1) is 12.6. The van der Waals surface area contributed by atoms with Crippen molar-refractivity contribution in [1.82, 2.24) is 9.97 Å². The molecule has 5 nitrogen and oxygen atoms in total. The molecule has 0 fully saturated rings. The van der Waals surface area contributed by atoms with E-state index in [0.717, 1.165) is 33.1 Å². The van der Waals surface area contributed by atoms with Gasteiger partial charge in [-0.05, 0) is 46.7 Å². The predicted octanol–water partition coefficient (Wildman–Crippen LogP) is 4.38. The average molecular weight is 343 g/mol. The van der Waals surface area contributed by atoms with E-state index in [1.807, 2.05) is 60.7 Å². The highest BCUT2D eigenvalue weighted by molar-refractivity contribution is 6.24. The number of hydrogen-bond donors (Lipinski definition) is 2. The van der Waals surface area contributed by atoms with E-state index in [1.165, 1.54) is 0 Å². The number of H-pyrrole nitrogens is 1. The molecule has 1 aromatic heterocycles. The molecule has 0 aliphatic carbocycles. The fourth-order valence-electron chi connectivity index (χ4n) is 2.86. The Hall–Kier alpha value is -3.60. The lowest BCUT2D eigenvalue weighted by Crippen LogP contribution is -2.13. The number of anilines is 1. The molecule has 0 saturated carbocycles. The second-order valence-electron chi connectivity index (χ2n) is 5.96. The number of fused-ring (bicyclic) bond motifs is 2. The number of imidazole rings is 1. The summed E-state index contributed by atoms with van der Waals surface area (Å²) in [5, 5.41) is 4.83. The number of rotatable bonds is 4. The number of nitrogens with zero attached hydrogens (tertiary/aromatic N) is 1. The normalized spacial score (nSPS) is 10.8. The summed E-state index contributed by atoms with van der Waals surface area (Å²) in [7, 11) is 1.64.